The van der Waals surface area contributed by atoms with Gasteiger partial charge in [0.25, 0.3) is 0 Å². The van der Waals surface area contributed by atoms with Crippen LogP contribution in [-0.2, 0) is 0 Å². The number of fused-ring (bicyclic) bond motifs is 1. The van der Waals surface area contributed by atoms with Crippen LogP contribution in [0.1, 0.15) is 18.4 Å². The number of benzene rings is 2. The SMILES string of the molecule is N#Cc1ccc(-c2cc(NC3CCNCC3)c3cnccc3c2)cc1. The lowest BCUT2D eigenvalue weighted by Gasteiger charge is -2.25. The van der Waals surface area contributed by atoms with Crippen LogP contribution in [0.4, 0.5) is 5.69 Å². The Morgan fingerprint density at radius 2 is 1.84 bits per heavy atom. The van der Waals surface area contributed by atoms with Crippen molar-refractivity contribution in [2.45, 2.75) is 18.9 Å². The van der Waals surface area contributed by atoms with E-state index in [9.17, 15) is 0 Å². The summed E-state index contributed by atoms with van der Waals surface area (Å²) < 4.78 is 0. The fourth-order valence-electron chi connectivity index (χ4n) is 3.41. The molecule has 124 valence electrons. The first-order valence-corrected chi connectivity index (χ1v) is 8.69. The number of hydrogen-bond donors (Lipinski definition) is 2. The topological polar surface area (TPSA) is 60.7 Å². The van der Waals surface area contributed by atoms with Gasteiger partial charge in [0, 0.05) is 29.5 Å². The smallest absolute Gasteiger partial charge is 0.0991 e. The summed E-state index contributed by atoms with van der Waals surface area (Å²) in [5.74, 6) is 0. The summed E-state index contributed by atoms with van der Waals surface area (Å²) in [5.41, 5.74) is 4.09. The van der Waals surface area contributed by atoms with E-state index in [-0.39, 0.29) is 0 Å². The molecule has 1 aromatic heterocycles. The molecule has 1 aliphatic heterocycles. The maximum absolute atomic E-state index is 8.99. The van der Waals surface area contributed by atoms with Crippen LogP contribution >= 0.6 is 0 Å². The number of nitrogens with zero attached hydrogens (tertiary/aromatic N) is 2. The molecule has 0 saturated carbocycles. The van der Waals surface area contributed by atoms with E-state index in [4.69, 9.17) is 5.26 Å². The van der Waals surface area contributed by atoms with Gasteiger partial charge in [-0.2, -0.15) is 5.26 Å². The van der Waals surface area contributed by atoms with Gasteiger partial charge >= 0.3 is 0 Å². The molecular formula is C21H20N4. The Kier molecular flexibility index (Phi) is 4.32. The molecule has 0 aliphatic carbocycles. The Bertz CT molecular complexity index is 919. The predicted molar refractivity (Wildman–Crippen MR) is 101 cm³/mol. The summed E-state index contributed by atoms with van der Waals surface area (Å²) in [7, 11) is 0. The largest absolute Gasteiger partial charge is 0.382 e. The Balaban J connectivity index is 1.75. The fraction of sp³-hybridized carbons (Fsp3) is 0.238. The van der Waals surface area contributed by atoms with E-state index < -0.39 is 0 Å². The zero-order valence-corrected chi connectivity index (χ0v) is 14.0. The van der Waals surface area contributed by atoms with Gasteiger partial charge in [-0.05, 0) is 72.8 Å². The molecule has 0 amide bonds. The highest BCUT2D eigenvalue weighted by atomic mass is 15.0. The van der Waals surface area contributed by atoms with Gasteiger partial charge in [-0.1, -0.05) is 12.1 Å². The third-order valence-electron chi connectivity index (χ3n) is 4.80. The van der Waals surface area contributed by atoms with Crippen molar-refractivity contribution in [1.29, 1.82) is 5.26 Å². The van der Waals surface area contributed by atoms with Crippen molar-refractivity contribution >= 4 is 16.5 Å². The van der Waals surface area contributed by atoms with Gasteiger partial charge in [0.05, 0.1) is 11.6 Å². The number of pyridine rings is 1. The first kappa shape index (κ1) is 15.6. The van der Waals surface area contributed by atoms with Gasteiger partial charge in [0.15, 0.2) is 0 Å². The second-order valence-electron chi connectivity index (χ2n) is 6.48. The molecular weight excluding hydrogens is 308 g/mol. The molecule has 0 unspecified atom stereocenters. The summed E-state index contributed by atoms with van der Waals surface area (Å²) in [6.07, 6.45) is 6.02. The number of hydrogen-bond acceptors (Lipinski definition) is 4. The molecule has 25 heavy (non-hydrogen) atoms. The van der Waals surface area contributed by atoms with E-state index in [0.29, 0.717) is 11.6 Å². The number of piperidine rings is 1. The minimum absolute atomic E-state index is 0.487. The molecule has 0 bridgehead atoms. The van der Waals surface area contributed by atoms with Crippen molar-refractivity contribution in [2.75, 3.05) is 18.4 Å². The zero-order valence-electron chi connectivity index (χ0n) is 14.0. The molecule has 3 aromatic rings. The third-order valence-corrected chi connectivity index (χ3v) is 4.80. The van der Waals surface area contributed by atoms with Crippen molar-refractivity contribution in [3.63, 3.8) is 0 Å². The second-order valence-corrected chi connectivity index (χ2v) is 6.48. The highest BCUT2D eigenvalue weighted by Crippen LogP contribution is 2.31. The lowest BCUT2D eigenvalue weighted by atomic mass is 9.98. The van der Waals surface area contributed by atoms with Gasteiger partial charge in [0.2, 0.25) is 0 Å². The minimum atomic E-state index is 0.487. The molecule has 0 radical (unpaired) electrons. The van der Waals surface area contributed by atoms with Crippen LogP contribution in [0.25, 0.3) is 21.9 Å². The molecule has 0 spiro atoms. The van der Waals surface area contributed by atoms with Crippen LogP contribution in [0.15, 0.2) is 54.9 Å². The average molecular weight is 328 g/mol. The second kappa shape index (κ2) is 6.92. The zero-order chi connectivity index (χ0) is 17.1. The third kappa shape index (κ3) is 3.33. The molecule has 4 heteroatoms. The monoisotopic (exact) mass is 328 g/mol. The van der Waals surface area contributed by atoms with E-state index in [2.05, 4.69) is 39.9 Å². The van der Waals surface area contributed by atoms with Crippen LogP contribution in [0.3, 0.4) is 0 Å². The van der Waals surface area contributed by atoms with Gasteiger partial charge in [-0.25, -0.2) is 0 Å². The standard InChI is InChI=1S/C21H20N4/c22-13-15-1-3-16(4-2-15)18-11-17-5-8-24-14-20(17)21(12-18)25-19-6-9-23-10-7-19/h1-5,8,11-12,14,19,23,25H,6-7,9-10H2. The average Bonchev–Trinajstić information content (AvgIpc) is 2.69. The molecule has 4 nitrogen and oxygen atoms in total. The van der Waals surface area contributed by atoms with E-state index in [0.717, 1.165) is 48.1 Å². The normalized spacial score (nSPS) is 15.0. The van der Waals surface area contributed by atoms with Crippen molar-refractivity contribution in [2.24, 2.45) is 0 Å². The highest BCUT2D eigenvalue weighted by molar-refractivity contribution is 5.97. The van der Waals surface area contributed by atoms with Crippen LogP contribution in [-0.4, -0.2) is 24.1 Å². The number of nitrogens with one attached hydrogen (secondary N) is 2. The first-order valence-electron chi connectivity index (χ1n) is 8.69. The fourth-order valence-corrected chi connectivity index (χ4v) is 3.41. The number of aromatic nitrogens is 1. The summed E-state index contributed by atoms with van der Waals surface area (Å²) in [6.45, 7) is 2.12. The summed E-state index contributed by atoms with van der Waals surface area (Å²) in [4.78, 5) is 4.30. The molecule has 2 aromatic carbocycles. The van der Waals surface area contributed by atoms with Gasteiger partial charge in [-0.15, -0.1) is 0 Å². The lowest BCUT2D eigenvalue weighted by molar-refractivity contribution is 0.479. The van der Waals surface area contributed by atoms with Gasteiger partial charge in [0.1, 0.15) is 0 Å². The number of nitriles is 1. The quantitative estimate of drug-likeness (QED) is 0.764. The summed E-state index contributed by atoms with van der Waals surface area (Å²) >= 11 is 0. The Hall–Kier alpha value is -2.90. The predicted octanol–water partition coefficient (Wildman–Crippen LogP) is 3.94. The molecule has 2 heterocycles. The van der Waals surface area contributed by atoms with Crippen molar-refractivity contribution in [1.82, 2.24) is 10.3 Å². The van der Waals surface area contributed by atoms with Gasteiger partial charge < -0.3 is 10.6 Å². The minimum Gasteiger partial charge on any atom is -0.382 e. The molecule has 2 N–H and O–H groups in total. The van der Waals surface area contributed by atoms with Crippen LogP contribution in [0.5, 0.6) is 0 Å². The molecule has 1 fully saturated rings. The number of rotatable bonds is 3. The number of anilines is 1. The lowest BCUT2D eigenvalue weighted by Crippen LogP contribution is -2.35. The van der Waals surface area contributed by atoms with Crippen LogP contribution < -0.4 is 10.6 Å². The maximum atomic E-state index is 8.99. The highest BCUT2D eigenvalue weighted by Gasteiger charge is 2.14. The van der Waals surface area contributed by atoms with Crippen LogP contribution in [0, 0.1) is 11.3 Å². The Labute approximate surface area is 147 Å². The van der Waals surface area contributed by atoms with Crippen molar-refractivity contribution in [3.05, 3.63) is 60.4 Å². The van der Waals surface area contributed by atoms with Crippen LogP contribution in [0.2, 0.25) is 0 Å². The summed E-state index contributed by atoms with van der Waals surface area (Å²) in [6, 6.07) is 16.9. The Morgan fingerprint density at radius 1 is 1.04 bits per heavy atom. The van der Waals surface area contributed by atoms with E-state index >= 15 is 0 Å². The molecule has 0 atom stereocenters. The van der Waals surface area contributed by atoms with E-state index in [1.54, 1.807) is 0 Å². The maximum Gasteiger partial charge on any atom is 0.0991 e. The first-order chi connectivity index (χ1) is 12.3. The molecule has 4 rings (SSSR count). The van der Waals surface area contributed by atoms with E-state index in [1.807, 2.05) is 36.7 Å². The summed E-state index contributed by atoms with van der Waals surface area (Å²) in [5, 5.41) is 18.5. The van der Waals surface area contributed by atoms with Crippen molar-refractivity contribution < 1.29 is 0 Å². The Morgan fingerprint density at radius 3 is 2.60 bits per heavy atom. The van der Waals surface area contributed by atoms with E-state index in [1.165, 1.54) is 5.39 Å². The molecule has 1 saturated heterocycles. The molecule has 1 aliphatic rings. The van der Waals surface area contributed by atoms with Crippen molar-refractivity contribution in [3.8, 4) is 17.2 Å². The van der Waals surface area contributed by atoms with Gasteiger partial charge in [-0.3, -0.25) is 4.98 Å².